The minimum absolute atomic E-state index is 0.0281. The van der Waals surface area contributed by atoms with Crippen LogP contribution in [0.25, 0.3) is 0 Å². The van der Waals surface area contributed by atoms with Gasteiger partial charge in [-0.3, -0.25) is 9.59 Å². The Bertz CT molecular complexity index is 834. The first-order chi connectivity index (χ1) is 13.7. The molecule has 0 radical (unpaired) electrons. The van der Waals surface area contributed by atoms with Crippen LogP contribution in [0.3, 0.4) is 0 Å². The number of ether oxygens (including phenoxy) is 1. The van der Waals surface area contributed by atoms with E-state index in [0.29, 0.717) is 12.3 Å². The number of amides is 2. The number of benzene rings is 2. The van der Waals surface area contributed by atoms with E-state index >= 15 is 0 Å². The predicted molar refractivity (Wildman–Crippen MR) is 109 cm³/mol. The predicted octanol–water partition coefficient (Wildman–Crippen LogP) is 2.91. The van der Waals surface area contributed by atoms with Gasteiger partial charge in [0.25, 0.3) is 5.91 Å². The Morgan fingerprint density at radius 1 is 1.04 bits per heavy atom. The van der Waals surface area contributed by atoms with Gasteiger partial charge >= 0.3 is 0 Å². The molecule has 0 bridgehead atoms. The first-order valence-corrected chi connectivity index (χ1v) is 9.84. The van der Waals surface area contributed by atoms with Gasteiger partial charge in [-0.15, -0.1) is 0 Å². The minimum Gasteiger partial charge on any atom is -0.484 e. The van der Waals surface area contributed by atoms with E-state index in [4.69, 9.17) is 4.74 Å². The van der Waals surface area contributed by atoms with E-state index in [2.05, 4.69) is 5.32 Å². The number of para-hydroxylation sites is 1. The van der Waals surface area contributed by atoms with E-state index < -0.39 is 0 Å². The second kappa shape index (κ2) is 8.33. The zero-order chi connectivity index (χ0) is 19.3. The maximum atomic E-state index is 12.7. The van der Waals surface area contributed by atoms with Gasteiger partial charge < -0.3 is 19.9 Å². The van der Waals surface area contributed by atoms with Crippen molar-refractivity contribution in [2.75, 3.05) is 36.5 Å². The molecule has 28 heavy (non-hydrogen) atoms. The van der Waals surface area contributed by atoms with E-state index in [0.717, 1.165) is 43.7 Å². The molecule has 146 valence electrons. The van der Waals surface area contributed by atoms with Crippen molar-refractivity contribution in [2.24, 2.45) is 0 Å². The van der Waals surface area contributed by atoms with Crippen molar-refractivity contribution >= 4 is 23.2 Å². The Balaban J connectivity index is 1.34. The molecular formula is C22H25N3O3. The van der Waals surface area contributed by atoms with Crippen molar-refractivity contribution in [3.05, 3.63) is 54.6 Å². The number of hydrogen-bond donors (Lipinski definition) is 1. The molecule has 2 saturated heterocycles. The zero-order valence-corrected chi connectivity index (χ0v) is 15.8. The van der Waals surface area contributed by atoms with Crippen LogP contribution in [0, 0.1) is 0 Å². The number of carbonyl (C=O) groups excluding carboxylic acids is 2. The van der Waals surface area contributed by atoms with Crippen molar-refractivity contribution in [3.63, 3.8) is 0 Å². The molecule has 0 aliphatic carbocycles. The summed E-state index contributed by atoms with van der Waals surface area (Å²) in [5.41, 5.74) is 1.74. The lowest BCUT2D eigenvalue weighted by atomic mass is 10.2. The lowest BCUT2D eigenvalue weighted by Crippen LogP contribution is -2.33. The summed E-state index contributed by atoms with van der Waals surface area (Å²) in [7, 11) is 0. The third-order valence-electron chi connectivity index (χ3n) is 5.27. The lowest BCUT2D eigenvalue weighted by molar-refractivity contribution is -0.132. The number of nitrogens with zero attached hydrogens (tertiary/aromatic N) is 2. The quantitative estimate of drug-likeness (QED) is 0.838. The fourth-order valence-electron chi connectivity index (χ4n) is 3.76. The van der Waals surface area contributed by atoms with E-state index in [9.17, 15) is 9.59 Å². The maximum Gasteiger partial charge on any atom is 0.260 e. The highest BCUT2D eigenvalue weighted by molar-refractivity contribution is 6.01. The Labute approximate surface area is 165 Å². The van der Waals surface area contributed by atoms with Gasteiger partial charge in [0.1, 0.15) is 11.8 Å². The Kier molecular flexibility index (Phi) is 5.46. The Morgan fingerprint density at radius 3 is 2.61 bits per heavy atom. The van der Waals surface area contributed by atoms with Crippen LogP contribution in [-0.4, -0.2) is 49.0 Å². The van der Waals surface area contributed by atoms with Crippen molar-refractivity contribution in [1.29, 1.82) is 0 Å². The van der Waals surface area contributed by atoms with Crippen LogP contribution in [-0.2, 0) is 9.59 Å². The molecule has 0 spiro atoms. The van der Waals surface area contributed by atoms with Gasteiger partial charge in [0.2, 0.25) is 5.91 Å². The van der Waals surface area contributed by atoms with Crippen LogP contribution in [0.15, 0.2) is 54.6 Å². The molecule has 2 aromatic carbocycles. The molecule has 6 nitrogen and oxygen atoms in total. The van der Waals surface area contributed by atoms with Crippen LogP contribution in [0.2, 0.25) is 0 Å². The minimum atomic E-state index is -0.262. The normalized spacial score (nSPS) is 19.1. The van der Waals surface area contributed by atoms with E-state index in [1.807, 2.05) is 64.4 Å². The Morgan fingerprint density at radius 2 is 1.82 bits per heavy atom. The molecule has 2 aromatic rings. The zero-order valence-electron chi connectivity index (χ0n) is 15.8. The molecule has 1 unspecified atom stereocenters. The summed E-state index contributed by atoms with van der Waals surface area (Å²) in [6, 6.07) is 16.9. The van der Waals surface area contributed by atoms with Gasteiger partial charge in [-0.2, -0.15) is 0 Å². The number of hydrogen-bond acceptors (Lipinski definition) is 4. The number of anilines is 2. The summed E-state index contributed by atoms with van der Waals surface area (Å²) >= 11 is 0. The molecular weight excluding hydrogens is 354 g/mol. The third kappa shape index (κ3) is 4.11. The summed E-state index contributed by atoms with van der Waals surface area (Å²) < 4.78 is 5.68. The van der Waals surface area contributed by atoms with E-state index in [-0.39, 0.29) is 24.5 Å². The molecule has 2 fully saturated rings. The highest BCUT2D eigenvalue weighted by atomic mass is 16.5. The second-order valence-corrected chi connectivity index (χ2v) is 7.22. The third-order valence-corrected chi connectivity index (χ3v) is 5.27. The topological polar surface area (TPSA) is 61.9 Å². The van der Waals surface area contributed by atoms with E-state index in [1.165, 1.54) is 0 Å². The van der Waals surface area contributed by atoms with Crippen molar-refractivity contribution < 1.29 is 14.3 Å². The standard InChI is InChI=1S/C22H25N3O3/c26-21(24-12-4-5-13-24)16-28-19-10-6-7-17(15-19)23-20-11-14-25(22(20)27)18-8-2-1-3-9-18/h1-3,6-10,15,20,23H,4-5,11-14,16H2. The summed E-state index contributed by atoms with van der Waals surface area (Å²) in [6.45, 7) is 2.39. The maximum absolute atomic E-state index is 12.7. The van der Waals surface area contributed by atoms with Crippen LogP contribution in [0.1, 0.15) is 19.3 Å². The number of rotatable bonds is 6. The van der Waals surface area contributed by atoms with Crippen molar-refractivity contribution in [1.82, 2.24) is 4.90 Å². The van der Waals surface area contributed by atoms with Gasteiger partial charge in [-0.25, -0.2) is 0 Å². The highest BCUT2D eigenvalue weighted by Gasteiger charge is 2.32. The molecule has 2 heterocycles. The summed E-state index contributed by atoms with van der Waals surface area (Å²) in [6.07, 6.45) is 2.88. The van der Waals surface area contributed by atoms with Crippen LogP contribution in [0.5, 0.6) is 5.75 Å². The summed E-state index contributed by atoms with van der Waals surface area (Å²) in [4.78, 5) is 28.5. The molecule has 0 aromatic heterocycles. The van der Waals surface area contributed by atoms with Gasteiger partial charge in [-0.1, -0.05) is 24.3 Å². The highest BCUT2D eigenvalue weighted by Crippen LogP contribution is 2.25. The SMILES string of the molecule is O=C(COc1cccc(NC2CCN(c3ccccc3)C2=O)c1)N1CCCC1. The van der Waals surface area contributed by atoms with Crippen LogP contribution >= 0.6 is 0 Å². The average molecular weight is 379 g/mol. The van der Waals surface area contributed by atoms with Crippen LogP contribution < -0.4 is 15.0 Å². The Hall–Kier alpha value is -3.02. The number of likely N-dealkylation sites (tertiary alicyclic amines) is 1. The first kappa shape index (κ1) is 18.3. The molecule has 2 amide bonds. The molecule has 2 aliphatic heterocycles. The lowest BCUT2D eigenvalue weighted by Gasteiger charge is -2.18. The smallest absolute Gasteiger partial charge is 0.260 e. The molecule has 2 aliphatic rings. The molecule has 6 heteroatoms. The summed E-state index contributed by atoms with van der Waals surface area (Å²) in [5.74, 6) is 0.727. The van der Waals surface area contributed by atoms with Crippen molar-refractivity contribution in [3.8, 4) is 5.75 Å². The number of carbonyl (C=O) groups is 2. The second-order valence-electron chi connectivity index (χ2n) is 7.22. The molecule has 1 N–H and O–H groups in total. The first-order valence-electron chi connectivity index (χ1n) is 9.84. The van der Waals surface area contributed by atoms with Gasteiger partial charge in [-0.05, 0) is 43.5 Å². The van der Waals surface area contributed by atoms with Gasteiger partial charge in [0.15, 0.2) is 6.61 Å². The monoisotopic (exact) mass is 379 g/mol. The fourth-order valence-corrected chi connectivity index (χ4v) is 3.76. The molecule has 0 saturated carbocycles. The number of nitrogens with one attached hydrogen (secondary N) is 1. The molecule has 1 atom stereocenters. The van der Waals surface area contributed by atoms with Crippen molar-refractivity contribution in [2.45, 2.75) is 25.3 Å². The largest absolute Gasteiger partial charge is 0.484 e. The fraction of sp³-hybridized carbons (Fsp3) is 0.364. The van der Waals surface area contributed by atoms with Gasteiger partial charge in [0.05, 0.1) is 0 Å². The summed E-state index contributed by atoms with van der Waals surface area (Å²) in [5, 5.41) is 3.31. The average Bonchev–Trinajstić information content (AvgIpc) is 3.38. The van der Waals surface area contributed by atoms with Gasteiger partial charge in [0, 0.05) is 37.1 Å². The van der Waals surface area contributed by atoms with E-state index in [1.54, 1.807) is 0 Å². The van der Waals surface area contributed by atoms with Crippen LogP contribution in [0.4, 0.5) is 11.4 Å². The molecule has 4 rings (SSSR count).